The van der Waals surface area contributed by atoms with E-state index in [1.54, 1.807) is 6.08 Å². The number of fused-ring (bicyclic) bond motifs is 3. The number of hydrogen-bond donors (Lipinski definition) is 4. The minimum atomic E-state index is -1.67. The summed E-state index contributed by atoms with van der Waals surface area (Å²) in [5.41, 5.74) is -1.27. The van der Waals surface area contributed by atoms with Crippen molar-refractivity contribution in [3.8, 4) is 0 Å². The van der Waals surface area contributed by atoms with E-state index in [2.05, 4.69) is 0 Å². The largest absolute Gasteiger partial charge is 0.466 e. The fraction of sp³-hybridized carbons (Fsp3) is 0.750. The van der Waals surface area contributed by atoms with Gasteiger partial charge in [0.15, 0.2) is 6.29 Å². The van der Waals surface area contributed by atoms with Gasteiger partial charge in [0.25, 0.3) is 0 Å². The maximum atomic E-state index is 13.6. The van der Waals surface area contributed by atoms with Crippen LogP contribution in [0.1, 0.15) is 39.5 Å². The van der Waals surface area contributed by atoms with Crippen LogP contribution in [0, 0.1) is 22.7 Å². The Kier molecular flexibility index (Phi) is 8.09. The zero-order valence-corrected chi connectivity index (χ0v) is 23.4. The van der Waals surface area contributed by atoms with Crippen molar-refractivity contribution in [3.05, 3.63) is 23.3 Å². The second kappa shape index (κ2) is 11.0. The lowest BCUT2D eigenvalue weighted by Gasteiger charge is -2.62. The number of cyclic esters (lactones) is 2. The number of ether oxygens (including phenoxy) is 6. The Balaban J connectivity index is 1.53. The van der Waals surface area contributed by atoms with Crippen LogP contribution in [0.3, 0.4) is 0 Å². The molecule has 3 heterocycles. The van der Waals surface area contributed by atoms with Gasteiger partial charge in [-0.15, -0.1) is 0 Å². The van der Waals surface area contributed by atoms with Gasteiger partial charge in [0.2, 0.25) is 6.29 Å². The van der Waals surface area contributed by atoms with Gasteiger partial charge in [-0.2, -0.15) is 0 Å². The summed E-state index contributed by atoms with van der Waals surface area (Å²) in [4.78, 5) is 39.4. The van der Waals surface area contributed by atoms with E-state index in [1.165, 1.54) is 20.3 Å². The van der Waals surface area contributed by atoms with Crippen LogP contribution in [-0.2, 0) is 42.8 Å². The fourth-order valence-corrected chi connectivity index (χ4v) is 7.70. The molecule has 0 spiro atoms. The van der Waals surface area contributed by atoms with Crippen molar-refractivity contribution >= 4 is 17.9 Å². The standard InChI is InChI=1S/C28H38O13/c1-27-10-15(12-8-19(36-3)41-23(12)33)38-25(35)14(27)9-18(28(2)13(24(34)37-4)6-5-7-17(27)28)40-26-22(32)21(31)20(30)16(11-29)39-26/h6,8,14-22,26,29-32H,5,7,9-11H2,1-4H3/t14-,15+,16+,17+,18+,19-,20+,21-,22+,26-,27+,28+/m0/s1. The number of aliphatic hydroxyl groups is 4. The first-order valence-electron chi connectivity index (χ1n) is 13.8. The van der Waals surface area contributed by atoms with Crippen molar-refractivity contribution in [2.45, 2.75) is 88.7 Å². The molecule has 3 fully saturated rings. The van der Waals surface area contributed by atoms with Crippen LogP contribution < -0.4 is 0 Å². The van der Waals surface area contributed by atoms with Gasteiger partial charge in [0.05, 0.1) is 31.3 Å². The molecule has 0 radical (unpaired) electrons. The molecule has 228 valence electrons. The van der Waals surface area contributed by atoms with Crippen LogP contribution in [0.25, 0.3) is 0 Å². The summed E-state index contributed by atoms with van der Waals surface area (Å²) in [5, 5.41) is 40.9. The zero-order chi connectivity index (χ0) is 29.9. The third-order valence-electron chi connectivity index (χ3n) is 9.89. The minimum Gasteiger partial charge on any atom is -0.466 e. The minimum absolute atomic E-state index is 0.0581. The van der Waals surface area contributed by atoms with E-state index in [-0.39, 0.29) is 24.3 Å². The van der Waals surface area contributed by atoms with Gasteiger partial charge in [-0.1, -0.05) is 19.9 Å². The summed E-state index contributed by atoms with van der Waals surface area (Å²) in [6.45, 7) is 3.15. The van der Waals surface area contributed by atoms with Crippen molar-refractivity contribution in [1.29, 1.82) is 0 Å². The quantitative estimate of drug-likeness (QED) is 0.232. The van der Waals surface area contributed by atoms with Crippen LogP contribution in [0.15, 0.2) is 23.3 Å². The first-order valence-corrected chi connectivity index (χ1v) is 13.8. The highest BCUT2D eigenvalue weighted by molar-refractivity contribution is 5.93. The molecule has 12 atom stereocenters. The first-order chi connectivity index (χ1) is 19.4. The molecule has 5 aliphatic rings. The second-order valence-corrected chi connectivity index (χ2v) is 11.9. The fourth-order valence-electron chi connectivity index (χ4n) is 7.70. The van der Waals surface area contributed by atoms with Crippen LogP contribution in [0.5, 0.6) is 0 Å². The van der Waals surface area contributed by atoms with Crippen LogP contribution in [0.2, 0.25) is 0 Å². The lowest BCUT2D eigenvalue weighted by atomic mass is 9.44. The van der Waals surface area contributed by atoms with E-state index in [0.29, 0.717) is 18.4 Å². The average molecular weight is 583 g/mol. The number of methoxy groups -OCH3 is 2. The van der Waals surface area contributed by atoms with Gasteiger partial charge >= 0.3 is 17.9 Å². The van der Waals surface area contributed by atoms with E-state index in [4.69, 9.17) is 28.4 Å². The molecule has 2 aliphatic carbocycles. The predicted octanol–water partition coefficient (Wildman–Crippen LogP) is -0.515. The van der Waals surface area contributed by atoms with Crippen molar-refractivity contribution in [2.75, 3.05) is 20.8 Å². The Labute approximate surface area is 237 Å². The number of aliphatic hydroxyl groups excluding tert-OH is 4. The molecule has 13 heteroatoms. The van der Waals surface area contributed by atoms with E-state index in [0.717, 1.165) is 0 Å². The summed E-state index contributed by atoms with van der Waals surface area (Å²) >= 11 is 0. The van der Waals surface area contributed by atoms with Gasteiger partial charge in [0.1, 0.15) is 30.5 Å². The van der Waals surface area contributed by atoms with E-state index < -0.39 is 90.5 Å². The highest BCUT2D eigenvalue weighted by atomic mass is 16.7. The average Bonchev–Trinajstić information content (AvgIpc) is 3.33. The van der Waals surface area contributed by atoms with Gasteiger partial charge in [0, 0.05) is 18.1 Å². The summed E-state index contributed by atoms with van der Waals surface area (Å²) in [6, 6.07) is 0. The predicted molar refractivity (Wildman–Crippen MR) is 135 cm³/mol. The summed E-state index contributed by atoms with van der Waals surface area (Å²) < 4.78 is 33.2. The monoisotopic (exact) mass is 582 g/mol. The Morgan fingerprint density at radius 2 is 1.83 bits per heavy atom. The third kappa shape index (κ3) is 4.71. The van der Waals surface area contributed by atoms with Gasteiger partial charge in [-0.05, 0) is 43.1 Å². The molecule has 0 unspecified atom stereocenters. The molecule has 1 saturated carbocycles. The second-order valence-electron chi connectivity index (χ2n) is 11.9. The number of esters is 3. The van der Waals surface area contributed by atoms with Crippen molar-refractivity contribution in [3.63, 3.8) is 0 Å². The van der Waals surface area contributed by atoms with Crippen LogP contribution >= 0.6 is 0 Å². The molecule has 0 aromatic rings. The Bertz CT molecular complexity index is 1130. The molecular formula is C28H38O13. The lowest BCUT2D eigenvalue weighted by molar-refractivity contribution is -0.328. The molecule has 13 nitrogen and oxygen atoms in total. The molecule has 3 aliphatic heterocycles. The summed E-state index contributed by atoms with van der Waals surface area (Å²) in [6.07, 6.45) is -5.54. The molecule has 4 N–H and O–H groups in total. The summed E-state index contributed by atoms with van der Waals surface area (Å²) in [7, 11) is 2.67. The highest BCUT2D eigenvalue weighted by Gasteiger charge is 2.66. The molecule has 0 amide bonds. The van der Waals surface area contributed by atoms with E-state index >= 15 is 0 Å². The number of carbonyl (C=O) groups is 3. The number of allylic oxidation sites excluding steroid dienone is 1. The topological polar surface area (TPSA) is 188 Å². The van der Waals surface area contributed by atoms with Gasteiger partial charge < -0.3 is 48.8 Å². The lowest BCUT2D eigenvalue weighted by Crippen LogP contribution is -2.65. The number of carbonyl (C=O) groups excluding carboxylic acids is 3. The molecule has 2 saturated heterocycles. The Hall–Kier alpha value is -2.39. The Morgan fingerprint density at radius 3 is 2.46 bits per heavy atom. The molecular weight excluding hydrogens is 544 g/mol. The Morgan fingerprint density at radius 1 is 1.10 bits per heavy atom. The van der Waals surface area contributed by atoms with Gasteiger partial charge in [-0.3, -0.25) is 4.79 Å². The maximum Gasteiger partial charge on any atom is 0.340 e. The molecule has 41 heavy (non-hydrogen) atoms. The van der Waals surface area contributed by atoms with E-state index in [1.807, 2.05) is 13.8 Å². The molecule has 5 rings (SSSR count). The molecule has 0 bridgehead atoms. The number of hydrogen-bond acceptors (Lipinski definition) is 13. The van der Waals surface area contributed by atoms with E-state index in [9.17, 15) is 34.8 Å². The van der Waals surface area contributed by atoms with Crippen molar-refractivity contribution in [2.24, 2.45) is 22.7 Å². The third-order valence-corrected chi connectivity index (χ3v) is 9.89. The smallest absolute Gasteiger partial charge is 0.340 e. The first kappa shape index (κ1) is 30.1. The normalized spacial score (nSPS) is 46.0. The number of rotatable bonds is 6. The van der Waals surface area contributed by atoms with Crippen LogP contribution in [0.4, 0.5) is 0 Å². The summed E-state index contributed by atoms with van der Waals surface area (Å²) in [5.74, 6) is -2.80. The molecule has 0 aromatic carbocycles. The highest BCUT2D eigenvalue weighted by Crippen LogP contribution is 2.65. The van der Waals surface area contributed by atoms with Crippen molar-refractivity contribution < 1.29 is 63.2 Å². The maximum absolute atomic E-state index is 13.6. The van der Waals surface area contributed by atoms with Crippen LogP contribution in [-0.4, -0.2) is 108 Å². The SMILES string of the molecule is COC(=O)C1=CCC[C@@H]2[C@]3(C)C[C@H](C4=C[C@@H](OC)OC4=O)OC(=O)[C@@H]3C[C@@H](O[C@@H]3O[C@H](CO)[C@@H](O)[C@H](O)[C@H]3O)[C@]12C. The van der Waals surface area contributed by atoms with Gasteiger partial charge in [-0.25, -0.2) is 9.59 Å². The zero-order valence-electron chi connectivity index (χ0n) is 23.4. The van der Waals surface area contributed by atoms with Crippen molar-refractivity contribution in [1.82, 2.24) is 0 Å². The molecule has 0 aromatic heterocycles.